The summed E-state index contributed by atoms with van der Waals surface area (Å²) < 4.78 is 5.70. The Bertz CT molecular complexity index is 261. The quantitative estimate of drug-likeness (QED) is 0.834. The highest BCUT2D eigenvalue weighted by Gasteiger charge is 2.39. The van der Waals surface area contributed by atoms with Crippen LogP contribution in [0.3, 0.4) is 0 Å². The van der Waals surface area contributed by atoms with Crippen molar-refractivity contribution in [3.05, 3.63) is 0 Å². The Hall–Kier alpha value is -0.120. The third-order valence-electron chi connectivity index (χ3n) is 5.18. The number of hydrogen-bond acceptors (Lipinski definition) is 3. The SMILES string of the molecule is COC(C)(C)C(C)N1CCCCC1C1CCCN1. The van der Waals surface area contributed by atoms with Gasteiger partial charge in [-0.3, -0.25) is 4.90 Å². The summed E-state index contributed by atoms with van der Waals surface area (Å²) in [5.74, 6) is 0. The van der Waals surface area contributed by atoms with Crippen LogP contribution in [-0.2, 0) is 4.74 Å². The smallest absolute Gasteiger partial charge is 0.0774 e. The van der Waals surface area contributed by atoms with E-state index >= 15 is 0 Å². The lowest BCUT2D eigenvalue weighted by Gasteiger charge is -2.47. The van der Waals surface area contributed by atoms with E-state index in [4.69, 9.17) is 4.74 Å². The van der Waals surface area contributed by atoms with Gasteiger partial charge < -0.3 is 10.1 Å². The van der Waals surface area contributed by atoms with Gasteiger partial charge in [0.25, 0.3) is 0 Å². The Morgan fingerprint density at radius 3 is 2.61 bits per heavy atom. The van der Waals surface area contributed by atoms with Crippen molar-refractivity contribution >= 4 is 0 Å². The minimum Gasteiger partial charge on any atom is -0.377 e. The van der Waals surface area contributed by atoms with Gasteiger partial charge in [0.1, 0.15) is 0 Å². The monoisotopic (exact) mass is 254 g/mol. The van der Waals surface area contributed by atoms with E-state index in [0.717, 1.165) is 0 Å². The van der Waals surface area contributed by atoms with Crippen molar-refractivity contribution in [3.8, 4) is 0 Å². The Kier molecular flexibility index (Phi) is 4.68. The van der Waals surface area contributed by atoms with Crippen LogP contribution in [0.2, 0.25) is 0 Å². The van der Waals surface area contributed by atoms with E-state index < -0.39 is 0 Å². The van der Waals surface area contributed by atoms with Gasteiger partial charge in [-0.15, -0.1) is 0 Å². The average molecular weight is 254 g/mol. The van der Waals surface area contributed by atoms with Crippen molar-refractivity contribution in [2.45, 2.75) is 76.6 Å². The second kappa shape index (κ2) is 5.89. The Morgan fingerprint density at radius 2 is 2.00 bits per heavy atom. The molecule has 3 heteroatoms. The number of rotatable bonds is 4. The summed E-state index contributed by atoms with van der Waals surface area (Å²) >= 11 is 0. The highest BCUT2D eigenvalue weighted by molar-refractivity contribution is 4.96. The number of hydrogen-bond donors (Lipinski definition) is 1. The third-order valence-corrected chi connectivity index (χ3v) is 5.18. The molecule has 2 rings (SSSR count). The number of methoxy groups -OCH3 is 1. The molecule has 2 aliphatic rings. The molecule has 0 aromatic carbocycles. The van der Waals surface area contributed by atoms with E-state index in [9.17, 15) is 0 Å². The van der Waals surface area contributed by atoms with Crippen LogP contribution in [0.15, 0.2) is 0 Å². The molecule has 0 aliphatic carbocycles. The third kappa shape index (κ3) is 2.89. The summed E-state index contributed by atoms with van der Waals surface area (Å²) in [5.41, 5.74) is -0.0613. The molecular formula is C15H30N2O. The number of ether oxygens (including phenoxy) is 1. The predicted molar refractivity (Wildman–Crippen MR) is 75.9 cm³/mol. The molecule has 2 fully saturated rings. The largest absolute Gasteiger partial charge is 0.377 e. The standard InChI is InChI=1S/C15H30N2O/c1-12(15(2,3)18-4)17-11-6-5-9-14(17)13-8-7-10-16-13/h12-14,16H,5-11H2,1-4H3. The van der Waals surface area contributed by atoms with Crippen molar-refractivity contribution in [3.63, 3.8) is 0 Å². The van der Waals surface area contributed by atoms with Crippen molar-refractivity contribution < 1.29 is 4.74 Å². The predicted octanol–water partition coefficient (Wildman–Crippen LogP) is 2.41. The van der Waals surface area contributed by atoms with Gasteiger partial charge in [0.05, 0.1) is 5.60 Å². The van der Waals surface area contributed by atoms with Gasteiger partial charge in [-0.1, -0.05) is 6.42 Å². The van der Waals surface area contributed by atoms with Gasteiger partial charge in [0.2, 0.25) is 0 Å². The van der Waals surface area contributed by atoms with E-state index in [1.165, 1.54) is 45.2 Å². The topological polar surface area (TPSA) is 24.5 Å². The van der Waals surface area contributed by atoms with Crippen molar-refractivity contribution in [2.75, 3.05) is 20.2 Å². The fourth-order valence-electron chi connectivity index (χ4n) is 3.50. The summed E-state index contributed by atoms with van der Waals surface area (Å²) in [7, 11) is 1.84. The van der Waals surface area contributed by atoms with Crippen molar-refractivity contribution in [1.29, 1.82) is 0 Å². The Morgan fingerprint density at radius 1 is 1.22 bits per heavy atom. The first kappa shape index (κ1) is 14.3. The fraction of sp³-hybridized carbons (Fsp3) is 1.00. The van der Waals surface area contributed by atoms with Crippen LogP contribution in [0.25, 0.3) is 0 Å². The molecule has 2 saturated heterocycles. The lowest BCUT2D eigenvalue weighted by atomic mass is 9.89. The molecular weight excluding hydrogens is 224 g/mol. The lowest BCUT2D eigenvalue weighted by Crippen LogP contribution is -2.59. The van der Waals surface area contributed by atoms with Gasteiger partial charge in [0, 0.05) is 25.2 Å². The second-order valence-corrected chi connectivity index (χ2v) is 6.49. The molecule has 0 aromatic heterocycles. The average Bonchev–Trinajstić information content (AvgIpc) is 2.91. The molecule has 106 valence electrons. The van der Waals surface area contributed by atoms with Crippen LogP contribution >= 0.6 is 0 Å². The van der Waals surface area contributed by atoms with Crippen LogP contribution in [0, 0.1) is 0 Å². The minimum atomic E-state index is -0.0613. The van der Waals surface area contributed by atoms with E-state index in [0.29, 0.717) is 18.1 Å². The van der Waals surface area contributed by atoms with E-state index in [-0.39, 0.29) is 5.60 Å². The lowest BCUT2D eigenvalue weighted by molar-refractivity contribution is -0.0699. The maximum atomic E-state index is 5.70. The Balaban J connectivity index is 2.07. The maximum absolute atomic E-state index is 5.70. The zero-order chi connectivity index (χ0) is 13.2. The summed E-state index contributed by atoms with van der Waals surface area (Å²) in [6, 6.07) is 1.90. The zero-order valence-electron chi connectivity index (χ0n) is 12.5. The molecule has 0 aromatic rings. The van der Waals surface area contributed by atoms with Gasteiger partial charge in [-0.25, -0.2) is 0 Å². The Labute approximate surface area is 112 Å². The summed E-state index contributed by atoms with van der Waals surface area (Å²) in [4.78, 5) is 2.70. The van der Waals surface area contributed by atoms with Crippen LogP contribution in [0.1, 0.15) is 52.9 Å². The molecule has 0 radical (unpaired) electrons. The number of nitrogens with one attached hydrogen (secondary N) is 1. The molecule has 2 aliphatic heterocycles. The molecule has 18 heavy (non-hydrogen) atoms. The number of nitrogens with zero attached hydrogens (tertiary/aromatic N) is 1. The fourth-order valence-corrected chi connectivity index (χ4v) is 3.50. The van der Waals surface area contributed by atoms with Gasteiger partial charge in [-0.05, 0) is 59.5 Å². The normalized spacial score (nSPS) is 32.7. The summed E-state index contributed by atoms with van der Waals surface area (Å²) in [6.07, 6.45) is 6.77. The molecule has 2 heterocycles. The second-order valence-electron chi connectivity index (χ2n) is 6.49. The molecule has 0 amide bonds. The zero-order valence-corrected chi connectivity index (χ0v) is 12.5. The van der Waals surface area contributed by atoms with Crippen LogP contribution in [-0.4, -0.2) is 48.8 Å². The highest BCUT2D eigenvalue weighted by Crippen LogP contribution is 2.30. The molecule has 3 unspecified atom stereocenters. The molecule has 3 atom stereocenters. The number of likely N-dealkylation sites (tertiary alicyclic amines) is 1. The molecule has 0 spiro atoms. The van der Waals surface area contributed by atoms with E-state index in [1.54, 1.807) is 0 Å². The van der Waals surface area contributed by atoms with E-state index in [2.05, 4.69) is 31.0 Å². The first-order chi connectivity index (χ1) is 8.56. The minimum absolute atomic E-state index is 0.0613. The van der Waals surface area contributed by atoms with Crippen molar-refractivity contribution in [2.24, 2.45) is 0 Å². The van der Waals surface area contributed by atoms with Gasteiger partial charge in [0.15, 0.2) is 0 Å². The molecule has 1 N–H and O–H groups in total. The maximum Gasteiger partial charge on any atom is 0.0774 e. The molecule has 3 nitrogen and oxygen atoms in total. The van der Waals surface area contributed by atoms with Gasteiger partial charge >= 0.3 is 0 Å². The first-order valence-electron chi connectivity index (χ1n) is 7.60. The summed E-state index contributed by atoms with van der Waals surface area (Å²) in [6.45, 7) is 9.20. The first-order valence-corrected chi connectivity index (χ1v) is 7.60. The number of piperidine rings is 1. The molecule has 0 bridgehead atoms. The van der Waals surface area contributed by atoms with Gasteiger partial charge in [-0.2, -0.15) is 0 Å². The van der Waals surface area contributed by atoms with Crippen LogP contribution in [0.4, 0.5) is 0 Å². The van der Waals surface area contributed by atoms with Crippen LogP contribution in [0.5, 0.6) is 0 Å². The summed E-state index contributed by atoms with van der Waals surface area (Å²) in [5, 5.41) is 3.70. The van der Waals surface area contributed by atoms with E-state index in [1.807, 2.05) is 7.11 Å². The highest BCUT2D eigenvalue weighted by atomic mass is 16.5. The van der Waals surface area contributed by atoms with Crippen LogP contribution < -0.4 is 5.32 Å². The molecule has 0 saturated carbocycles. The van der Waals surface area contributed by atoms with Crippen molar-refractivity contribution in [1.82, 2.24) is 10.2 Å².